The molecular weight excluding hydrogens is 1710 g/mol. The smallest absolute Gasteiger partial charge is 0.408 e. The van der Waals surface area contributed by atoms with Crippen molar-refractivity contribution < 1.29 is 117 Å². The molecule has 40 heteroatoms. The van der Waals surface area contributed by atoms with E-state index < -0.39 is 108 Å². The van der Waals surface area contributed by atoms with E-state index in [0.717, 1.165) is 33.5 Å². The molecule has 132 heavy (non-hydrogen) atoms. The van der Waals surface area contributed by atoms with E-state index in [-0.39, 0.29) is 131 Å². The number of carboxylic acid groups (broad SMARTS) is 3. The summed E-state index contributed by atoms with van der Waals surface area (Å²) in [6.07, 6.45) is 0.592. The number of nitrogen functional groups attached to an aromatic ring is 1. The van der Waals surface area contributed by atoms with Crippen LogP contribution in [0.4, 0.5) is 50.6 Å². The maximum absolute atomic E-state index is 13.2. The summed E-state index contributed by atoms with van der Waals surface area (Å²) in [5, 5.41) is 76.2. The monoisotopic (exact) mass is 1850 g/mol. The quantitative estimate of drug-likeness (QED) is 0.00980. The molecule has 0 aromatic heterocycles. The predicted molar refractivity (Wildman–Crippen MR) is 494 cm³/mol. The highest BCUT2D eigenvalue weighted by molar-refractivity contribution is 5.98. The van der Waals surface area contributed by atoms with Crippen molar-refractivity contribution in [3.8, 4) is 0 Å². The van der Waals surface area contributed by atoms with E-state index in [0.29, 0.717) is 75.0 Å². The van der Waals surface area contributed by atoms with Gasteiger partial charge in [0.15, 0.2) is 17.3 Å². The maximum Gasteiger partial charge on any atom is 0.408 e. The highest BCUT2D eigenvalue weighted by Gasteiger charge is 2.33. The number of rotatable bonds is 48. The summed E-state index contributed by atoms with van der Waals surface area (Å²) in [6.45, 7) is 15.6. The lowest BCUT2D eigenvalue weighted by Crippen LogP contribution is -2.45. The molecule has 6 aromatic carbocycles. The highest BCUT2D eigenvalue weighted by atomic mass is 16.6. The zero-order valence-electron chi connectivity index (χ0n) is 75.9. The fraction of sp³-hybridized carbons (Fsp3) is 0.446. The Kier molecular flexibility index (Phi) is 58.6. The summed E-state index contributed by atoms with van der Waals surface area (Å²) in [4.78, 5) is 175. The average molecular weight is 1850 g/mol. The van der Waals surface area contributed by atoms with E-state index in [1.165, 1.54) is 0 Å². The number of primary amides is 4. The summed E-state index contributed by atoms with van der Waals surface area (Å²) in [5.41, 5.74) is 43.0. The second kappa shape index (κ2) is 66.5. The largest absolute Gasteiger partial charge is 0.481 e. The molecule has 40 nitrogen and oxygen atoms in total. The van der Waals surface area contributed by atoms with E-state index >= 15 is 0 Å². The Morgan fingerprint density at radius 3 is 0.879 bits per heavy atom. The lowest BCUT2D eigenvalue weighted by atomic mass is 9.89. The van der Waals surface area contributed by atoms with Crippen molar-refractivity contribution in [2.24, 2.45) is 75.8 Å². The Morgan fingerprint density at radius 1 is 0.326 bits per heavy atom. The van der Waals surface area contributed by atoms with Crippen LogP contribution in [-0.2, 0) is 92.2 Å². The average Bonchev–Trinajstić information content (AvgIpc) is 0.861. The van der Waals surface area contributed by atoms with Crippen molar-refractivity contribution >= 4 is 107 Å². The number of amides is 13. The minimum Gasteiger partial charge on any atom is -0.481 e. The van der Waals surface area contributed by atoms with Crippen molar-refractivity contribution in [1.82, 2.24) is 37.2 Å². The molecule has 6 rings (SSSR count). The van der Waals surface area contributed by atoms with Gasteiger partial charge in [-0.15, -0.1) is 0 Å². The van der Waals surface area contributed by atoms with Crippen molar-refractivity contribution in [1.29, 1.82) is 0 Å². The van der Waals surface area contributed by atoms with Crippen LogP contribution in [0.25, 0.3) is 0 Å². The lowest BCUT2D eigenvalue weighted by Gasteiger charge is -2.24. The van der Waals surface area contributed by atoms with Gasteiger partial charge in [-0.3, -0.25) is 33.6 Å². The standard InChI is InChI=1S/C27H36N4O6.C20H29N3O6.C19H30N4O4.C13H17NO4.C7H9NO.C6H13N3O3/c1-18(2)24(31-27(36)37-17-20-7-4-3-5-8-20)23(33)15-21(9-6-14-29-26(28)35)25(34)30-22-12-10-19(16-32)11-13-22;1-13(2)17(23-20(28)29-12-14-7-4-3-5-8-14)16(24)11-15(18(25)26)9-6-10-22-19(21)27;1-12(2)17(20)16(25)10-14(4-3-9-22-19(21)27)18(26)23-15-7-5-13(11-24)6-8-15;1-9(2)11(12(15)16)14-13(17)18-8-10-6-4-3-5-7-10;8-7-3-1-6(5-9)2-4-7;7-4(5(10)11)2-1-3-9-6(8)12/h3-5,7-8,10-13,18,21,24,32H,6,9,14-17H2,1-2H3,(H,30,34)(H,31,36)(H3,28,29,35);3-5,7-8,13,15,17H,6,9-12H2,1-2H3,(H,23,28)(H,25,26)(H3,21,22,27);5-8,12,14,17,24H,3-4,9-11,20H2,1-2H3,(H,23,26)(H3,21,22,27);3-7,9,11H,8H2,1-2H3,(H,14,17)(H,15,16);1-4,9H,5,8H2;4H,1-3,7H2,(H,10,11)(H3,8,9,12). The van der Waals surface area contributed by atoms with Gasteiger partial charge in [0.2, 0.25) is 11.8 Å². The zero-order valence-corrected chi connectivity index (χ0v) is 75.9. The number of hydrogen-bond acceptors (Lipinski definition) is 24. The van der Waals surface area contributed by atoms with E-state index in [1.807, 2.05) is 105 Å². The first kappa shape index (κ1) is 116. The molecule has 726 valence electrons. The number of alkyl carbamates (subject to hydrolysis) is 3. The van der Waals surface area contributed by atoms with Crippen LogP contribution in [0.3, 0.4) is 0 Å². The molecule has 0 saturated heterocycles. The number of carbonyl (C=O) groups is 15. The number of carboxylic acids is 3. The number of carbonyl (C=O) groups excluding carboxylic acids is 12. The second-order valence-corrected chi connectivity index (χ2v) is 31.6. The molecule has 8 atom stereocenters. The van der Waals surface area contributed by atoms with E-state index in [2.05, 4.69) is 47.9 Å². The number of aliphatic hydroxyl groups excluding tert-OH is 3. The Labute approximate surface area is 768 Å². The van der Waals surface area contributed by atoms with Gasteiger partial charge in [-0.05, 0) is 145 Å². The Morgan fingerprint density at radius 2 is 0.606 bits per heavy atom. The number of urea groups is 4. The highest BCUT2D eigenvalue weighted by Crippen LogP contribution is 2.23. The summed E-state index contributed by atoms with van der Waals surface area (Å²) in [6, 6.07) is 41.4. The van der Waals surface area contributed by atoms with Crippen LogP contribution >= 0.6 is 0 Å². The van der Waals surface area contributed by atoms with Crippen molar-refractivity contribution in [2.45, 2.75) is 196 Å². The van der Waals surface area contributed by atoms with Crippen LogP contribution in [0, 0.1) is 41.4 Å². The van der Waals surface area contributed by atoms with Crippen molar-refractivity contribution in [3.63, 3.8) is 0 Å². The van der Waals surface area contributed by atoms with E-state index in [9.17, 15) is 82.1 Å². The molecule has 0 aliphatic heterocycles. The predicted octanol–water partition coefficient (Wildman–Crippen LogP) is 7.89. The SMILES string of the molecule is CC(C)C(N)C(=O)CC(CCCNC(N)=O)C(=O)Nc1ccc(CO)cc1.CC(C)C(NC(=O)OCc1ccccc1)C(=O)CC(CCCNC(N)=O)C(=O)Nc1ccc(CO)cc1.CC(C)C(NC(=O)OCc1ccccc1)C(=O)CC(CCCNC(N)=O)C(=O)O.CC(C)C(NC(=O)OCc1ccccc1)C(=O)O.NC(=O)NCCCC(N)C(=O)O.Nc1ccc(CO)cc1. The summed E-state index contributed by atoms with van der Waals surface area (Å²) < 4.78 is 15.3. The topological polar surface area (TPSA) is 696 Å². The Bertz CT molecular complexity index is 4460. The van der Waals surface area contributed by atoms with Crippen molar-refractivity contribution in [2.75, 3.05) is 42.5 Å². The van der Waals surface area contributed by atoms with Crippen molar-refractivity contribution in [3.05, 3.63) is 197 Å². The third-order valence-corrected chi connectivity index (χ3v) is 19.3. The normalized spacial score (nSPS) is 12.3. The van der Waals surface area contributed by atoms with Gasteiger partial charge in [-0.25, -0.2) is 38.4 Å². The molecule has 8 unspecified atom stereocenters. The zero-order chi connectivity index (χ0) is 99.2. The number of ether oxygens (including phenoxy) is 3. The number of Topliss-reactive ketones (excluding diaryl/α,β-unsaturated/α-hetero) is 3. The third kappa shape index (κ3) is 53.8. The lowest BCUT2D eigenvalue weighted by molar-refractivity contribution is -0.144. The van der Waals surface area contributed by atoms with Gasteiger partial charge in [0, 0.05) is 74.3 Å². The third-order valence-electron chi connectivity index (χ3n) is 19.3. The fourth-order valence-corrected chi connectivity index (χ4v) is 11.7. The first-order valence-electron chi connectivity index (χ1n) is 42.8. The number of benzene rings is 6. The molecule has 29 N–H and O–H groups in total. The molecule has 0 heterocycles. The molecule has 0 saturated carbocycles. The van der Waals surface area contributed by atoms with Gasteiger partial charge in [0.05, 0.1) is 43.9 Å². The van der Waals surface area contributed by atoms with Crippen LogP contribution in [-0.4, -0.2) is 177 Å². The van der Waals surface area contributed by atoms with Gasteiger partial charge < -0.3 is 133 Å². The number of nitrogens with two attached hydrogens (primary N) is 7. The minimum atomic E-state index is -1.11. The summed E-state index contributed by atoms with van der Waals surface area (Å²) in [7, 11) is 0. The van der Waals surface area contributed by atoms with Crippen LogP contribution < -0.4 is 88.0 Å². The number of hydrogen-bond donors (Lipinski definition) is 22. The Balaban J connectivity index is 0.000000833. The van der Waals surface area contributed by atoms with Crippen LogP contribution in [0.15, 0.2) is 164 Å². The minimum absolute atomic E-state index is 0.0104. The molecule has 0 spiro atoms. The van der Waals surface area contributed by atoms with Gasteiger partial charge in [0.25, 0.3) is 0 Å². The molecule has 0 aliphatic carbocycles. The van der Waals surface area contributed by atoms with Gasteiger partial charge in [-0.1, -0.05) is 183 Å². The summed E-state index contributed by atoms with van der Waals surface area (Å²) in [5.74, 6) is -7.56. The van der Waals surface area contributed by atoms with Gasteiger partial charge in [0.1, 0.15) is 31.9 Å². The fourth-order valence-electron chi connectivity index (χ4n) is 11.7. The maximum atomic E-state index is 13.2. The van der Waals surface area contributed by atoms with Crippen LogP contribution in [0.5, 0.6) is 0 Å². The number of aliphatic hydroxyl groups is 3. The number of anilines is 3. The summed E-state index contributed by atoms with van der Waals surface area (Å²) >= 11 is 0. The Hall–Kier alpha value is -13.8. The molecular formula is C92H134N16O24. The van der Waals surface area contributed by atoms with Gasteiger partial charge in [-0.2, -0.15) is 0 Å². The van der Waals surface area contributed by atoms with Crippen LogP contribution in [0.1, 0.15) is 159 Å². The molecule has 0 bridgehead atoms. The molecule has 0 fully saturated rings. The first-order chi connectivity index (χ1) is 62.5. The number of ketones is 3. The molecule has 6 aromatic rings. The van der Waals surface area contributed by atoms with E-state index in [4.69, 9.17) is 74.8 Å². The molecule has 13 amide bonds. The molecule has 0 radical (unpaired) electrons. The number of nitrogens with one attached hydrogen (secondary N) is 9. The van der Waals surface area contributed by atoms with Gasteiger partial charge >= 0.3 is 60.3 Å². The molecule has 0 aliphatic rings. The van der Waals surface area contributed by atoms with E-state index in [1.54, 1.807) is 114 Å². The first-order valence-corrected chi connectivity index (χ1v) is 42.8. The second-order valence-electron chi connectivity index (χ2n) is 31.6. The number of aliphatic carboxylic acids is 3. The van der Waals surface area contributed by atoms with Crippen LogP contribution in [0.2, 0.25) is 0 Å².